The minimum absolute atomic E-state index is 0.178. The van der Waals surface area contributed by atoms with Gasteiger partial charge in [-0.05, 0) is 31.9 Å². The highest BCUT2D eigenvalue weighted by atomic mass is 32.2. The van der Waals surface area contributed by atoms with Crippen LogP contribution in [-0.2, 0) is 16.7 Å². The molecule has 6 heteroatoms. The largest absolute Gasteiger partial charge is 0.744 e. The number of hydrogen-bond donors (Lipinski definition) is 1. The fourth-order valence-corrected chi connectivity index (χ4v) is 2.53. The average Bonchev–Trinajstić information content (AvgIpc) is 3.00. The van der Waals surface area contributed by atoms with Crippen molar-refractivity contribution in [2.75, 3.05) is 0 Å². The van der Waals surface area contributed by atoms with Crippen LogP contribution in [0.5, 0.6) is 0 Å². The molecular weight excluding hydrogens is 312 g/mol. The summed E-state index contributed by atoms with van der Waals surface area (Å²) in [7, 11) is -4.27. The third kappa shape index (κ3) is 8.52. The molecule has 0 saturated heterocycles. The molecule has 0 spiro atoms. The van der Waals surface area contributed by atoms with Crippen LogP contribution in [0.3, 0.4) is 0 Å². The highest BCUT2D eigenvalue weighted by Gasteiger charge is 1.98. The maximum absolute atomic E-state index is 10.4. The molecule has 5 nitrogen and oxygen atoms in total. The number of unbranched alkanes of at least 4 members (excludes halogenated alkanes) is 4. The second kappa shape index (κ2) is 10.2. The van der Waals surface area contributed by atoms with Gasteiger partial charge in [-0.15, -0.1) is 0 Å². The fraction of sp³-hybridized carbons (Fsp3) is 0.471. The van der Waals surface area contributed by atoms with E-state index in [0.29, 0.717) is 0 Å². The predicted octanol–water partition coefficient (Wildman–Crippen LogP) is 3.17. The summed E-state index contributed by atoms with van der Waals surface area (Å²) >= 11 is 0. The van der Waals surface area contributed by atoms with Crippen LogP contribution in [0.25, 0.3) is 0 Å². The number of nitrogens with zero attached hydrogens (tertiary/aromatic N) is 1. The summed E-state index contributed by atoms with van der Waals surface area (Å²) in [6.07, 6.45) is 12.8. The van der Waals surface area contributed by atoms with E-state index in [9.17, 15) is 13.0 Å². The van der Waals surface area contributed by atoms with E-state index in [1.807, 2.05) is 19.4 Å². The molecule has 0 aliphatic heterocycles. The fourth-order valence-electron chi connectivity index (χ4n) is 2.06. The van der Waals surface area contributed by atoms with Gasteiger partial charge in [-0.2, -0.15) is 0 Å². The van der Waals surface area contributed by atoms with Crippen molar-refractivity contribution in [1.29, 1.82) is 0 Å². The molecule has 0 aliphatic rings. The molecular formula is C17H26N2O3S. The minimum Gasteiger partial charge on any atom is -0.744 e. The van der Waals surface area contributed by atoms with E-state index >= 15 is 0 Å². The van der Waals surface area contributed by atoms with Crippen molar-refractivity contribution in [3.8, 4) is 0 Å². The Bertz CT molecular complexity index is 635. The molecule has 0 unspecified atom stereocenters. The summed E-state index contributed by atoms with van der Waals surface area (Å²) in [5.41, 5.74) is 0.928. The Morgan fingerprint density at radius 2 is 1.74 bits per heavy atom. The molecule has 0 saturated carbocycles. The van der Waals surface area contributed by atoms with Gasteiger partial charge in [0, 0.05) is 0 Å². The van der Waals surface area contributed by atoms with Crippen LogP contribution in [0.15, 0.2) is 47.9 Å². The SMILES string of the molecule is CCCCCCC[n+]1cc[nH]c1.Cc1ccc(S(=O)(=O)[O-])cc1. The zero-order valence-corrected chi connectivity index (χ0v) is 14.7. The Hall–Kier alpha value is -1.66. The number of aromatic nitrogens is 2. The average molecular weight is 338 g/mol. The van der Waals surface area contributed by atoms with E-state index in [0.717, 1.165) is 12.1 Å². The van der Waals surface area contributed by atoms with Gasteiger partial charge in [-0.1, -0.05) is 43.9 Å². The lowest BCUT2D eigenvalue weighted by Crippen LogP contribution is -2.30. The highest BCUT2D eigenvalue weighted by molar-refractivity contribution is 7.85. The van der Waals surface area contributed by atoms with Gasteiger partial charge >= 0.3 is 0 Å². The molecule has 1 aromatic heterocycles. The number of imidazole rings is 1. The monoisotopic (exact) mass is 338 g/mol. The van der Waals surface area contributed by atoms with Crippen LogP contribution in [0.2, 0.25) is 0 Å². The number of rotatable bonds is 7. The second-order valence-corrected chi connectivity index (χ2v) is 6.91. The van der Waals surface area contributed by atoms with Crippen molar-refractivity contribution in [1.82, 2.24) is 4.98 Å². The van der Waals surface area contributed by atoms with Crippen molar-refractivity contribution < 1.29 is 17.5 Å². The molecule has 2 rings (SSSR count). The molecule has 0 bridgehead atoms. The first-order valence-electron chi connectivity index (χ1n) is 7.98. The van der Waals surface area contributed by atoms with Crippen molar-refractivity contribution in [3.63, 3.8) is 0 Å². The van der Waals surface area contributed by atoms with Gasteiger partial charge in [0.25, 0.3) is 0 Å². The van der Waals surface area contributed by atoms with E-state index in [2.05, 4.69) is 22.7 Å². The molecule has 2 aromatic rings. The van der Waals surface area contributed by atoms with Crippen LogP contribution in [0.4, 0.5) is 0 Å². The maximum atomic E-state index is 10.4. The third-order valence-corrected chi connectivity index (χ3v) is 4.28. The molecule has 128 valence electrons. The van der Waals surface area contributed by atoms with Crippen LogP contribution < -0.4 is 4.57 Å². The van der Waals surface area contributed by atoms with Gasteiger partial charge in [-0.25, -0.2) is 13.0 Å². The third-order valence-electron chi connectivity index (χ3n) is 3.43. The zero-order chi connectivity index (χ0) is 17.1. The predicted molar refractivity (Wildman–Crippen MR) is 88.9 cm³/mol. The molecule has 0 atom stereocenters. The normalized spacial score (nSPS) is 10.9. The molecule has 23 heavy (non-hydrogen) atoms. The zero-order valence-electron chi connectivity index (χ0n) is 13.9. The van der Waals surface area contributed by atoms with E-state index in [4.69, 9.17) is 0 Å². The van der Waals surface area contributed by atoms with Gasteiger partial charge < -0.3 is 4.55 Å². The Kier molecular flexibility index (Phi) is 8.58. The van der Waals surface area contributed by atoms with Crippen molar-refractivity contribution in [3.05, 3.63) is 48.5 Å². The summed E-state index contributed by atoms with van der Waals surface area (Å²) in [6, 6.07) is 5.78. The van der Waals surface area contributed by atoms with Crippen molar-refractivity contribution >= 4 is 10.1 Å². The van der Waals surface area contributed by atoms with Crippen LogP contribution in [0.1, 0.15) is 44.6 Å². The Morgan fingerprint density at radius 3 is 2.26 bits per heavy atom. The van der Waals surface area contributed by atoms with Gasteiger partial charge in [0.1, 0.15) is 22.5 Å². The number of benzene rings is 1. The molecule has 0 amide bonds. The number of nitrogens with one attached hydrogen (secondary N) is 1. The maximum Gasteiger partial charge on any atom is 0.241 e. The molecule has 1 N–H and O–H groups in total. The van der Waals surface area contributed by atoms with Gasteiger partial charge in [-0.3, -0.25) is 4.98 Å². The van der Waals surface area contributed by atoms with Gasteiger partial charge in [0.2, 0.25) is 6.33 Å². The van der Waals surface area contributed by atoms with Crippen LogP contribution in [-0.4, -0.2) is 18.0 Å². The molecule has 0 radical (unpaired) electrons. The van der Waals surface area contributed by atoms with Crippen molar-refractivity contribution in [2.24, 2.45) is 0 Å². The second-order valence-electron chi connectivity index (χ2n) is 5.53. The summed E-state index contributed by atoms with van der Waals surface area (Å²) in [4.78, 5) is 2.87. The number of hydrogen-bond acceptors (Lipinski definition) is 3. The first-order chi connectivity index (χ1) is 10.9. The molecule has 0 fully saturated rings. The smallest absolute Gasteiger partial charge is 0.241 e. The quantitative estimate of drug-likeness (QED) is 0.478. The van der Waals surface area contributed by atoms with E-state index in [1.165, 1.54) is 44.2 Å². The number of H-pyrrole nitrogens is 1. The Morgan fingerprint density at radius 1 is 1.09 bits per heavy atom. The van der Waals surface area contributed by atoms with Gasteiger partial charge in [0.05, 0.1) is 11.4 Å². The number of aromatic amines is 1. The number of aryl methyl sites for hydroxylation is 2. The molecule has 1 heterocycles. The summed E-state index contributed by atoms with van der Waals surface area (Å²) < 4.78 is 33.4. The van der Waals surface area contributed by atoms with E-state index in [-0.39, 0.29) is 4.90 Å². The standard InChI is InChI=1S/C10H18N2.C7H8O3S/c1-2-3-4-5-6-8-12-9-7-11-10-12;1-6-2-4-7(5-3-6)11(8,9)10/h7,9-10H,2-6,8H2,1H3;2-5H,1H3,(H,8,9,10). The lowest BCUT2D eigenvalue weighted by Gasteiger charge is -2.05. The highest BCUT2D eigenvalue weighted by Crippen LogP contribution is 2.08. The van der Waals surface area contributed by atoms with E-state index < -0.39 is 10.1 Å². The summed E-state index contributed by atoms with van der Waals surface area (Å²) in [6.45, 7) is 5.23. The topological polar surface area (TPSA) is 76.9 Å². The van der Waals surface area contributed by atoms with Crippen LogP contribution in [0, 0.1) is 6.92 Å². The molecule has 0 aliphatic carbocycles. The van der Waals surface area contributed by atoms with Gasteiger partial charge in [0.15, 0.2) is 0 Å². The lowest BCUT2D eigenvalue weighted by atomic mass is 10.1. The minimum atomic E-state index is -4.27. The summed E-state index contributed by atoms with van der Waals surface area (Å²) in [5.74, 6) is 0. The lowest BCUT2D eigenvalue weighted by molar-refractivity contribution is -0.696. The summed E-state index contributed by atoms with van der Waals surface area (Å²) in [5, 5.41) is 0. The molecule has 1 aromatic carbocycles. The first kappa shape index (κ1) is 19.4. The first-order valence-corrected chi connectivity index (χ1v) is 9.38. The Labute approximate surface area is 139 Å². The van der Waals surface area contributed by atoms with E-state index in [1.54, 1.807) is 12.1 Å². The van der Waals surface area contributed by atoms with Crippen LogP contribution >= 0.6 is 0 Å². The Balaban J connectivity index is 0.000000231. The van der Waals surface area contributed by atoms with Crippen molar-refractivity contribution in [2.45, 2.75) is 57.4 Å².